The van der Waals surface area contributed by atoms with E-state index < -0.39 is 12.1 Å². The van der Waals surface area contributed by atoms with E-state index in [0.717, 1.165) is 5.01 Å². The van der Waals surface area contributed by atoms with E-state index in [1.54, 1.807) is 43.3 Å². The van der Waals surface area contributed by atoms with Gasteiger partial charge in [0.05, 0.1) is 11.3 Å². The van der Waals surface area contributed by atoms with Crippen molar-refractivity contribution in [2.45, 2.75) is 33.0 Å². The van der Waals surface area contributed by atoms with Crippen molar-refractivity contribution in [3.05, 3.63) is 87.3 Å². The van der Waals surface area contributed by atoms with Crippen molar-refractivity contribution in [2.24, 2.45) is 0 Å². The highest BCUT2D eigenvalue weighted by Crippen LogP contribution is 2.15. The number of esters is 1. The lowest BCUT2D eigenvalue weighted by Crippen LogP contribution is -2.30. The summed E-state index contributed by atoms with van der Waals surface area (Å²) in [6.07, 6.45) is 0.000568. The first-order valence-electron chi connectivity index (χ1n) is 10.6. The van der Waals surface area contributed by atoms with Gasteiger partial charge in [0.25, 0.3) is 11.5 Å². The monoisotopic (exact) mass is 478 g/mol. The predicted octanol–water partition coefficient (Wildman–Crippen LogP) is 3.48. The molecule has 0 aliphatic carbocycles. The van der Waals surface area contributed by atoms with Gasteiger partial charge in [0, 0.05) is 11.8 Å². The maximum Gasteiger partial charge on any atom is 0.338 e. The smallest absolute Gasteiger partial charge is 0.338 e. The Morgan fingerprint density at radius 3 is 2.56 bits per heavy atom. The van der Waals surface area contributed by atoms with Gasteiger partial charge in [-0.3, -0.25) is 9.59 Å². The van der Waals surface area contributed by atoms with Crippen LogP contribution in [0.1, 0.15) is 34.9 Å². The zero-order valence-electron chi connectivity index (χ0n) is 18.6. The third kappa shape index (κ3) is 5.46. The quantitative estimate of drug-likeness (QED) is 0.386. The van der Waals surface area contributed by atoms with Gasteiger partial charge in [-0.15, -0.1) is 0 Å². The lowest BCUT2D eigenvalue weighted by molar-refractivity contribution is -0.122. The molecule has 0 unspecified atom stereocenters. The van der Waals surface area contributed by atoms with E-state index >= 15 is 0 Å². The van der Waals surface area contributed by atoms with Crippen LogP contribution in [0.5, 0.6) is 5.75 Å². The molecule has 2 aromatic heterocycles. The van der Waals surface area contributed by atoms with Crippen molar-refractivity contribution >= 4 is 33.9 Å². The molecule has 4 rings (SSSR count). The summed E-state index contributed by atoms with van der Waals surface area (Å²) in [6, 6.07) is 16.7. The average molecular weight is 479 g/mol. The molecule has 0 fully saturated rings. The van der Waals surface area contributed by atoms with Crippen molar-refractivity contribution in [1.82, 2.24) is 14.6 Å². The molecular formula is C24H22N4O5S. The van der Waals surface area contributed by atoms with Crippen LogP contribution in [0.2, 0.25) is 0 Å². The van der Waals surface area contributed by atoms with Gasteiger partial charge < -0.3 is 14.8 Å². The highest BCUT2D eigenvalue weighted by molar-refractivity contribution is 7.16. The summed E-state index contributed by atoms with van der Waals surface area (Å²) in [5.41, 5.74) is 0.844. The van der Waals surface area contributed by atoms with Crippen molar-refractivity contribution < 1.29 is 19.1 Å². The maximum atomic E-state index is 12.4. The number of amides is 1. The van der Waals surface area contributed by atoms with Crippen LogP contribution in [-0.2, 0) is 22.6 Å². The van der Waals surface area contributed by atoms with Gasteiger partial charge in [-0.2, -0.15) is 9.61 Å². The summed E-state index contributed by atoms with van der Waals surface area (Å²) in [7, 11) is 0. The van der Waals surface area contributed by atoms with E-state index in [2.05, 4.69) is 15.4 Å². The fourth-order valence-electron chi connectivity index (χ4n) is 3.03. The summed E-state index contributed by atoms with van der Waals surface area (Å²) >= 11 is 1.32. The third-order valence-electron chi connectivity index (χ3n) is 4.81. The molecule has 0 aliphatic heterocycles. The van der Waals surface area contributed by atoms with Gasteiger partial charge in [-0.1, -0.05) is 36.5 Å². The second-order valence-corrected chi connectivity index (χ2v) is 8.39. The topological polar surface area (TPSA) is 112 Å². The third-order valence-corrected chi connectivity index (χ3v) is 5.86. The molecule has 1 N–H and O–H groups in total. The van der Waals surface area contributed by atoms with E-state index in [9.17, 15) is 14.4 Å². The van der Waals surface area contributed by atoms with Gasteiger partial charge in [0.2, 0.25) is 4.96 Å². The number of carbonyl (C=O) groups excluding carboxylic acids is 2. The Balaban J connectivity index is 1.33. The minimum atomic E-state index is -0.701. The van der Waals surface area contributed by atoms with Crippen LogP contribution in [0, 0.1) is 0 Å². The molecule has 0 bridgehead atoms. The number of para-hydroxylation sites is 1. The number of anilines is 1. The van der Waals surface area contributed by atoms with Crippen LogP contribution < -0.4 is 15.6 Å². The number of ether oxygens (including phenoxy) is 2. The van der Waals surface area contributed by atoms with Gasteiger partial charge in [-0.25, -0.2) is 9.78 Å². The first-order valence-corrected chi connectivity index (χ1v) is 11.4. The lowest BCUT2D eigenvalue weighted by atomic mass is 10.2. The first-order chi connectivity index (χ1) is 16.4. The van der Waals surface area contributed by atoms with Crippen LogP contribution in [0.15, 0.2) is 65.5 Å². The highest BCUT2D eigenvalue weighted by atomic mass is 32.1. The Kier molecular flexibility index (Phi) is 6.98. The summed E-state index contributed by atoms with van der Waals surface area (Å²) in [6.45, 7) is 3.46. The number of benzene rings is 2. The van der Waals surface area contributed by atoms with Crippen molar-refractivity contribution in [1.29, 1.82) is 0 Å². The molecule has 0 saturated heterocycles. The standard InChI is InChI=1S/C24H22N4O5S/c1-3-20-27-28-21(29)13-18(26-24(28)34-20)14-32-23(31)16-9-11-17(12-10-16)25-22(30)15(2)33-19-7-5-4-6-8-19/h4-13,15H,3,14H2,1-2H3,(H,25,30)/t15-/m1/s1. The SMILES string of the molecule is CCc1nn2c(=O)cc(COC(=O)c3ccc(NC(=O)[C@@H](C)Oc4ccccc4)cc3)nc2s1. The fourth-order valence-corrected chi connectivity index (χ4v) is 3.88. The largest absolute Gasteiger partial charge is 0.481 e. The number of rotatable bonds is 8. The molecule has 174 valence electrons. The fraction of sp³-hybridized carbons (Fsp3) is 0.208. The number of hydrogen-bond acceptors (Lipinski definition) is 8. The number of carbonyl (C=O) groups is 2. The first kappa shape index (κ1) is 23.1. The number of fused-ring (bicyclic) bond motifs is 1. The molecule has 1 atom stereocenters. The molecule has 0 spiro atoms. The molecule has 0 radical (unpaired) electrons. The maximum absolute atomic E-state index is 12.4. The molecule has 34 heavy (non-hydrogen) atoms. The van der Waals surface area contributed by atoms with Gasteiger partial charge in [0.1, 0.15) is 17.4 Å². The van der Waals surface area contributed by atoms with Gasteiger partial charge in [-0.05, 0) is 49.7 Å². The minimum absolute atomic E-state index is 0.142. The van der Waals surface area contributed by atoms with Crippen molar-refractivity contribution in [3.63, 3.8) is 0 Å². The molecule has 0 saturated carbocycles. The molecule has 1 amide bonds. The predicted molar refractivity (Wildman–Crippen MR) is 127 cm³/mol. The molecule has 10 heteroatoms. The number of hydrogen-bond donors (Lipinski definition) is 1. The molecule has 4 aromatic rings. The Morgan fingerprint density at radius 1 is 1.12 bits per heavy atom. The van der Waals surface area contributed by atoms with Crippen molar-refractivity contribution in [3.8, 4) is 5.75 Å². The zero-order chi connectivity index (χ0) is 24.1. The second kappa shape index (κ2) is 10.3. The Morgan fingerprint density at radius 2 is 1.85 bits per heavy atom. The zero-order valence-corrected chi connectivity index (χ0v) is 19.4. The molecular weight excluding hydrogens is 456 g/mol. The van der Waals surface area contributed by atoms with E-state index in [1.807, 2.05) is 25.1 Å². The number of aryl methyl sites for hydroxylation is 1. The van der Waals surface area contributed by atoms with E-state index in [4.69, 9.17) is 9.47 Å². The van der Waals surface area contributed by atoms with Crippen LogP contribution in [0.4, 0.5) is 5.69 Å². The summed E-state index contributed by atoms with van der Waals surface area (Å²) < 4.78 is 12.2. The van der Waals surface area contributed by atoms with Gasteiger partial charge in [0.15, 0.2) is 6.10 Å². The molecule has 2 aromatic carbocycles. The number of aromatic nitrogens is 3. The van der Waals surface area contributed by atoms with E-state index in [1.165, 1.54) is 21.9 Å². The molecule has 0 aliphatic rings. The lowest BCUT2D eigenvalue weighted by Gasteiger charge is -2.14. The van der Waals surface area contributed by atoms with Crippen LogP contribution in [0.25, 0.3) is 4.96 Å². The van der Waals surface area contributed by atoms with Crippen LogP contribution in [0.3, 0.4) is 0 Å². The normalized spacial score (nSPS) is 11.7. The Bertz CT molecular complexity index is 1370. The number of nitrogens with one attached hydrogen (secondary N) is 1. The summed E-state index contributed by atoms with van der Waals surface area (Å²) in [5, 5.41) is 7.74. The summed E-state index contributed by atoms with van der Waals surface area (Å²) in [4.78, 5) is 41.8. The van der Waals surface area contributed by atoms with Crippen molar-refractivity contribution in [2.75, 3.05) is 5.32 Å². The Hall–Kier alpha value is -4.05. The Labute approximate surface area is 199 Å². The van der Waals surface area contributed by atoms with Crippen LogP contribution >= 0.6 is 11.3 Å². The molecule has 9 nitrogen and oxygen atoms in total. The second-order valence-electron chi connectivity index (χ2n) is 7.35. The average Bonchev–Trinajstić information content (AvgIpc) is 3.27. The van der Waals surface area contributed by atoms with Gasteiger partial charge >= 0.3 is 5.97 Å². The minimum Gasteiger partial charge on any atom is -0.481 e. The van der Waals surface area contributed by atoms with Crippen LogP contribution in [-0.4, -0.2) is 32.6 Å². The van der Waals surface area contributed by atoms with E-state index in [-0.39, 0.29) is 18.1 Å². The number of nitrogens with zero attached hydrogens (tertiary/aromatic N) is 3. The summed E-state index contributed by atoms with van der Waals surface area (Å²) in [5.74, 6) is -0.291. The highest BCUT2D eigenvalue weighted by Gasteiger charge is 2.16. The van der Waals surface area contributed by atoms with E-state index in [0.29, 0.717) is 34.1 Å². The molecule has 2 heterocycles.